The third kappa shape index (κ3) is 4.95. The van der Waals surface area contributed by atoms with Crippen molar-refractivity contribution >= 4 is 21.6 Å². The van der Waals surface area contributed by atoms with Gasteiger partial charge in [-0.15, -0.1) is 0 Å². The van der Waals surface area contributed by atoms with Gasteiger partial charge in [0.1, 0.15) is 0 Å². The highest BCUT2D eigenvalue weighted by molar-refractivity contribution is 7.92. The Kier molecular flexibility index (Phi) is 6.06. The molecule has 0 unspecified atom stereocenters. The number of aromatic nitrogens is 1. The summed E-state index contributed by atoms with van der Waals surface area (Å²) in [6.07, 6.45) is 3.74. The number of carbonyl (C=O) groups excluding carboxylic acids is 1. The summed E-state index contributed by atoms with van der Waals surface area (Å²) in [5, 5.41) is 2.86. The zero-order valence-electron chi connectivity index (χ0n) is 15.4. The van der Waals surface area contributed by atoms with Gasteiger partial charge in [-0.1, -0.05) is 24.3 Å². The summed E-state index contributed by atoms with van der Waals surface area (Å²) in [6.45, 7) is 2.55. The van der Waals surface area contributed by atoms with Gasteiger partial charge in [-0.05, 0) is 60.9 Å². The van der Waals surface area contributed by atoms with Crippen LogP contribution in [-0.4, -0.2) is 25.9 Å². The molecule has 0 spiro atoms. The van der Waals surface area contributed by atoms with Crippen LogP contribution in [0.25, 0.3) is 0 Å². The third-order valence-corrected chi connectivity index (χ3v) is 5.70. The van der Waals surface area contributed by atoms with Crippen molar-refractivity contribution in [3.05, 3.63) is 89.7 Å². The summed E-state index contributed by atoms with van der Waals surface area (Å²) >= 11 is 0. The summed E-state index contributed by atoms with van der Waals surface area (Å²) < 4.78 is 27.3. The van der Waals surface area contributed by atoms with Crippen molar-refractivity contribution in [2.24, 2.45) is 0 Å². The van der Waals surface area contributed by atoms with E-state index in [2.05, 4.69) is 15.0 Å². The van der Waals surface area contributed by atoms with Gasteiger partial charge in [0.15, 0.2) is 0 Å². The first-order chi connectivity index (χ1) is 13.5. The van der Waals surface area contributed by atoms with Crippen molar-refractivity contribution in [1.82, 2.24) is 10.3 Å². The molecule has 6 nitrogen and oxygen atoms in total. The van der Waals surface area contributed by atoms with Crippen LogP contribution < -0.4 is 10.0 Å². The first kappa shape index (κ1) is 19.6. The molecule has 144 valence electrons. The number of nitrogens with one attached hydrogen (secondary N) is 2. The Bertz CT molecular complexity index is 1050. The number of amides is 1. The fourth-order valence-electron chi connectivity index (χ4n) is 2.72. The van der Waals surface area contributed by atoms with E-state index in [4.69, 9.17) is 0 Å². The summed E-state index contributed by atoms with van der Waals surface area (Å²) in [5.74, 6) is -0.236. The molecule has 0 aliphatic rings. The maximum atomic E-state index is 12.4. The van der Waals surface area contributed by atoms with Crippen LogP contribution in [0.4, 0.5) is 5.69 Å². The van der Waals surface area contributed by atoms with Crippen molar-refractivity contribution in [3.8, 4) is 0 Å². The van der Waals surface area contributed by atoms with Gasteiger partial charge in [-0.2, -0.15) is 0 Å². The Labute approximate surface area is 164 Å². The molecular formula is C21H21N3O3S. The number of carbonyl (C=O) groups is 1. The number of hydrogen-bond donors (Lipinski definition) is 2. The van der Waals surface area contributed by atoms with Gasteiger partial charge >= 0.3 is 0 Å². The van der Waals surface area contributed by atoms with Crippen molar-refractivity contribution in [1.29, 1.82) is 0 Å². The quantitative estimate of drug-likeness (QED) is 0.643. The van der Waals surface area contributed by atoms with Crippen molar-refractivity contribution in [2.45, 2.75) is 18.2 Å². The average molecular weight is 395 g/mol. The monoisotopic (exact) mass is 395 g/mol. The molecule has 1 amide bonds. The zero-order chi connectivity index (χ0) is 20.0. The summed E-state index contributed by atoms with van der Waals surface area (Å²) in [7, 11) is -3.72. The number of aryl methyl sites for hydroxylation is 1. The lowest BCUT2D eigenvalue weighted by molar-refractivity contribution is 0.0954. The summed E-state index contributed by atoms with van der Waals surface area (Å²) in [5.41, 5.74) is 3.21. The Balaban J connectivity index is 1.60. The van der Waals surface area contributed by atoms with E-state index in [9.17, 15) is 13.2 Å². The van der Waals surface area contributed by atoms with Crippen LogP contribution in [0.5, 0.6) is 0 Å². The Morgan fingerprint density at radius 1 is 0.964 bits per heavy atom. The van der Waals surface area contributed by atoms with E-state index in [1.165, 1.54) is 47.8 Å². The number of sulfonamides is 1. The van der Waals surface area contributed by atoms with Gasteiger partial charge < -0.3 is 5.32 Å². The molecule has 1 heterocycles. The fourth-order valence-corrected chi connectivity index (χ4v) is 3.78. The van der Waals surface area contributed by atoms with Crippen LogP contribution in [0, 0.1) is 6.92 Å². The second-order valence-corrected chi connectivity index (χ2v) is 7.98. The molecule has 0 aliphatic carbocycles. The highest BCUT2D eigenvalue weighted by atomic mass is 32.2. The molecule has 0 radical (unpaired) electrons. The van der Waals surface area contributed by atoms with Crippen molar-refractivity contribution in [2.75, 3.05) is 11.3 Å². The van der Waals surface area contributed by atoms with Gasteiger partial charge in [0, 0.05) is 24.5 Å². The van der Waals surface area contributed by atoms with E-state index in [-0.39, 0.29) is 10.8 Å². The molecule has 0 atom stereocenters. The number of benzene rings is 2. The normalized spacial score (nSPS) is 11.0. The van der Waals surface area contributed by atoms with Crippen LogP contribution in [-0.2, 0) is 16.4 Å². The molecule has 3 aromatic rings. The van der Waals surface area contributed by atoms with E-state index in [1.54, 1.807) is 12.1 Å². The SMILES string of the molecule is Cc1ccccc1CCNC(=O)c1ccc(S(=O)(=O)Nc2ccncc2)cc1. The van der Waals surface area contributed by atoms with Crippen LogP contribution in [0.1, 0.15) is 21.5 Å². The van der Waals surface area contributed by atoms with Crippen LogP contribution >= 0.6 is 0 Å². The molecule has 2 aromatic carbocycles. The predicted molar refractivity (Wildman–Crippen MR) is 109 cm³/mol. The number of pyridine rings is 1. The molecule has 0 fully saturated rings. The topological polar surface area (TPSA) is 88.2 Å². The molecule has 7 heteroatoms. The number of nitrogens with zero attached hydrogens (tertiary/aromatic N) is 1. The molecule has 3 rings (SSSR count). The lowest BCUT2D eigenvalue weighted by Crippen LogP contribution is -2.26. The van der Waals surface area contributed by atoms with Crippen molar-refractivity contribution in [3.63, 3.8) is 0 Å². The van der Waals surface area contributed by atoms with Gasteiger partial charge in [0.05, 0.1) is 10.6 Å². The maximum absolute atomic E-state index is 12.4. The lowest BCUT2D eigenvalue weighted by atomic mass is 10.1. The number of rotatable bonds is 7. The van der Waals surface area contributed by atoms with Gasteiger partial charge in [-0.25, -0.2) is 8.42 Å². The molecule has 0 saturated heterocycles. The van der Waals surface area contributed by atoms with E-state index >= 15 is 0 Å². The number of anilines is 1. The minimum Gasteiger partial charge on any atom is -0.352 e. The second-order valence-electron chi connectivity index (χ2n) is 6.30. The smallest absolute Gasteiger partial charge is 0.261 e. The van der Waals surface area contributed by atoms with Crippen LogP contribution in [0.15, 0.2) is 78.0 Å². The zero-order valence-corrected chi connectivity index (χ0v) is 16.2. The first-order valence-corrected chi connectivity index (χ1v) is 10.3. The first-order valence-electron chi connectivity index (χ1n) is 8.81. The molecule has 0 saturated carbocycles. The molecule has 2 N–H and O–H groups in total. The minimum atomic E-state index is -3.72. The van der Waals surface area contributed by atoms with Gasteiger partial charge in [0.25, 0.3) is 15.9 Å². The van der Waals surface area contributed by atoms with Gasteiger partial charge in [-0.3, -0.25) is 14.5 Å². The predicted octanol–water partition coefficient (Wildman–Crippen LogP) is 3.16. The second kappa shape index (κ2) is 8.67. The van der Waals surface area contributed by atoms with E-state index < -0.39 is 10.0 Å². The Morgan fingerprint density at radius 2 is 1.64 bits per heavy atom. The summed E-state index contributed by atoms with van der Waals surface area (Å²) in [4.78, 5) is 16.2. The van der Waals surface area contributed by atoms with Crippen LogP contribution in [0.2, 0.25) is 0 Å². The van der Waals surface area contributed by atoms with Crippen LogP contribution in [0.3, 0.4) is 0 Å². The molecular weight excluding hydrogens is 374 g/mol. The average Bonchev–Trinajstić information content (AvgIpc) is 2.70. The molecule has 1 aromatic heterocycles. The van der Waals surface area contributed by atoms with E-state index in [0.717, 1.165) is 6.42 Å². The highest BCUT2D eigenvalue weighted by Crippen LogP contribution is 2.16. The Hall–Kier alpha value is -3.19. The maximum Gasteiger partial charge on any atom is 0.261 e. The minimum absolute atomic E-state index is 0.0840. The number of hydrogen-bond acceptors (Lipinski definition) is 4. The highest BCUT2D eigenvalue weighted by Gasteiger charge is 2.15. The standard InChI is InChI=1S/C21H21N3O3S/c1-16-4-2-3-5-17(16)10-15-23-21(25)18-6-8-20(9-7-18)28(26,27)24-19-11-13-22-14-12-19/h2-9,11-14H,10,15H2,1H3,(H,22,24)(H,23,25). The van der Waals surface area contributed by atoms with E-state index in [1.807, 2.05) is 31.2 Å². The lowest BCUT2D eigenvalue weighted by Gasteiger charge is -2.09. The molecule has 0 aliphatic heterocycles. The van der Waals surface area contributed by atoms with E-state index in [0.29, 0.717) is 17.8 Å². The van der Waals surface area contributed by atoms with Gasteiger partial charge in [0.2, 0.25) is 0 Å². The fraction of sp³-hybridized carbons (Fsp3) is 0.143. The van der Waals surface area contributed by atoms with Crippen molar-refractivity contribution < 1.29 is 13.2 Å². The molecule has 0 bridgehead atoms. The molecule has 28 heavy (non-hydrogen) atoms. The third-order valence-electron chi connectivity index (χ3n) is 4.30. The summed E-state index contributed by atoms with van der Waals surface area (Å²) in [6, 6.07) is 17.0. The largest absolute Gasteiger partial charge is 0.352 e. The Morgan fingerprint density at radius 3 is 2.32 bits per heavy atom.